The Morgan fingerprint density at radius 3 is 3.05 bits per heavy atom. The molecule has 2 aromatic heterocycles. The highest BCUT2D eigenvalue weighted by atomic mass is 32.2. The summed E-state index contributed by atoms with van der Waals surface area (Å²) in [7, 11) is 0. The van der Waals surface area contributed by atoms with Gasteiger partial charge in [-0.05, 0) is 35.5 Å². The van der Waals surface area contributed by atoms with Gasteiger partial charge in [0.25, 0.3) is 0 Å². The van der Waals surface area contributed by atoms with Crippen molar-refractivity contribution >= 4 is 34.1 Å². The topological polar surface area (TPSA) is 63.8 Å². The first-order valence-electron chi connectivity index (χ1n) is 6.10. The monoisotopic (exact) mass is 294 g/mol. The van der Waals surface area contributed by atoms with Gasteiger partial charge in [-0.1, -0.05) is 13.0 Å². The zero-order valence-electron chi connectivity index (χ0n) is 11.1. The Labute approximate surface area is 122 Å². The molecule has 0 aromatic carbocycles. The molecule has 0 radical (unpaired) electrons. The Balaban J connectivity index is 2.14. The molecule has 0 aliphatic rings. The van der Waals surface area contributed by atoms with Crippen LogP contribution in [0.2, 0.25) is 0 Å². The number of rotatable bonds is 6. The predicted octanol–water partition coefficient (Wildman–Crippen LogP) is 3.20. The first-order valence-corrected chi connectivity index (χ1v) is 8.27. The quantitative estimate of drug-likeness (QED) is 0.856. The van der Waals surface area contributed by atoms with Crippen LogP contribution >= 0.6 is 23.3 Å². The van der Waals surface area contributed by atoms with Gasteiger partial charge in [0.1, 0.15) is 10.8 Å². The molecule has 0 saturated carbocycles. The molecule has 2 rings (SSSR count). The second kappa shape index (κ2) is 6.77. The van der Waals surface area contributed by atoms with Gasteiger partial charge in [-0.15, -0.1) is 0 Å². The van der Waals surface area contributed by atoms with Crippen LogP contribution in [0, 0.1) is 5.92 Å². The number of hydrogen-bond acceptors (Lipinski definition) is 6. The molecule has 0 aliphatic carbocycles. The highest BCUT2D eigenvalue weighted by Crippen LogP contribution is 2.36. The van der Waals surface area contributed by atoms with Gasteiger partial charge in [0.2, 0.25) is 0 Å². The number of thioether (sulfide) groups is 1. The van der Waals surface area contributed by atoms with Crippen molar-refractivity contribution in [2.75, 3.05) is 29.6 Å². The molecular formula is C13H18N4S2. The van der Waals surface area contributed by atoms with E-state index in [2.05, 4.69) is 27.9 Å². The van der Waals surface area contributed by atoms with Crippen LogP contribution in [0.3, 0.4) is 0 Å². The van der Waals surface area contributed by atoms with Crippen LogP contribution in [-0.4, -0.2) is 27.9 Å². The van der Waals surface area contributed by atoms with Crippen molar-refractivity contribution in [1.29, 1.82) is 0 Å². The van der Waals surface area contributed by atoms with E-state index in [4.69, 9.17) is 5.73 Å². The third-order valence-electron chi connectivity index (χ3n) is 2.73. The second-order valence-electron chi connectivity index (χ2n) is 4.46. The van der Waals surface area contributed by atoms with Gasteiger partial charge in [0.05, 0.1) is 5.56 Å². The van der Waals surface area contributed by atoms with Gasteiger partial charge in [-0.25, -0.2) is 0 Å². The zero-order valence-corrected chi connectivity index (χ0v) is 12.7. The summed E-state index contributed by atoms with van der Waals surface area (Å²) in [5, 5.41) is 4.48. The summed E-state index contributed by atoms with van der Waals surface area (Å²) in [6, 6.07) is 3.91. The van der Waals surface area contributed by atoms with Crippen molar-refractivity contribution in [2.24, 2.45) is 5.92 Å². The molecule has 1 atom stereocenters. The van der Waals surface area contributed by atoms with Crippen molar-refractivity contribution in [3.8, 4) is 11.1 Å². The SMILES string of the molecule is CSCC(C)CNc1snc(N)c1-c1cccnc1. The number of hydrogen-bond donors (Lipinski definition) is 2. The molecule has 2 heterocycles. The molecule has 19 heavy (non-hydrogen) atoms. The lowest BCUT2D eigenvalue weighted by atomic mass is 10.1. The molecule has 2 aromatic rings. The highest BCUT2D eigenvalue weighted by Gasteiger charge is 2.14. The minimum atomic E-state index is 0.568. The Kier molecular flexibility index (Phi) is 5.04. The van der Waals surface area contributed by atoms with Crippen molar-refractivity contribution < 1.29 is 0 Å². The Morgan fingerprint density at radius 1 is 1.53 bits per heavy atom. The summed E-state index contributed by atoms with van der Waals surface area (Å²) in [6.45, 7) is 3.16. The van der Waals surface area contributed by atoms with Gasteiger partial charge in [0.15, 0.2) is 0 Å². The molecule has 0 spiro atoms. The Bertz CT molecular complexity index is 513. The molecule has 0 amide bonds. The molecule has 4 nitrogen and oxygen atoms in total. The minimum absolute atomic E-state index is 0.568. The third-order valence-corrected chi connectivity index (χ3v) is 4.45. The summed E-state index contributed by atoms with van der Waals surface area (Å²) in [5.41, 5.74) is 7.94. The first kappa shape index (κ1) is 14.1. The average molecular weight is 294 g/mol. The van der Waals surface area contributed by atoms with Crippen LogP contribution in [0.25, 0.3) is 11.1 Å². The van der Waals surface area contributed by atoms with E-state index >= 15 is 0 Å². The number of nitrogen functional groups attached to an aromatic ring is 1. The molecule has 0 bridgehead atoms. The highest BCUT2D eigenvalue weighted by molar-refractivity contribution is 7.98. The van der Waals surface area contributed by atoms with Crippen molar-refractivity contribution in [3.05, 3.63) is 24.5 Å². The number of nitrogens with two attached hydrogens (primary N) is 1. The van der Waals surface area contributed by atoms with Crippen LogP contribution in [0.1, 0.15) is 6.92 Å². The summed E-state index contributed by atoms with van der Waals surface area (Å²) >= 11 is 3.27. The predicted molar refractivity (Wildman–Crippen MR) is 85.8 cm³/mol. The maximum atomic E-state index is 5.97. The summed E-state index contributed by atoms with van der Waals surface area (Å²) in [5.74, 6) is 2.32. The molecule has 0 saturated heterocycles. The third kappa shape index (κ3) is 3.61. The summed E-state index contributed by atoms with van der Waals surface area (Å²) in [4.78, 5) is 4.14. The van der Waals surface area contributed by atoms with Crippen molar-refractivity contribution in [1.82, 2.24) is 9.36 Å². The maximum Gasteiger partial charge on any atom is 0.147 e. The molecule has 102 valence electrons. The minimum Gasteiger partial charge on any atom is -0.382 e. The fourth-order valence-corrected chi connectivity index (χ4v) is 3.25. The van der Waals surface area contributed by atoms with Gasteiger partial charge in [-0.2, -0.15) is 16.1 Å². The molecule has 1 unspecified atom stereocenters. The van der Waals surface area contributed by atoms with Gasteiger partial charge in [-0.3, -0.25) is 4.98 Å². The van der Waals surface area contributed by atoms with Crippen LogP contribution in [-0.2, 0) is 0 Å². The Morgan fingerprint density at radius 2 is 2.37 bits per heavy atom. The van der Waals surface area contributed by atoms with Crippen LogP contribution in [0.5, 0.6) is 0 Å². The fraction of sp³-hybridized carbons (Fsp3) is 0.385. The van der Waals surface area contributed by atoms with Gasteiger partial charge >= 0.3 is 0 Å². The van der Waals surface area contributed by atoms with E-state index in [0.29, 0.717) is 11.7 Å². The molecule has 6 heteroatoms. The lowest BCUT2D eigenvalue weighted by molar-refractivity contribution is 0.703. The summed E-state index contributed by atoms with van der Waals surface area (Å²) < 4.78 is 4.24. The van der Waals surface area contributed by atoms with Gasteiger partial charge < -0.3 is 11.1 Å². The first-order chi connectivity index (χ1) is 9.22. The van der Waals surface area contributed by atoms with Crippen molar-refractivity contribution in [2.45, 2.75) is 6.92 Å². The molecule has 0 fully saturated rings. The van der Waals surface area contributed by atoms with Crippen LogP contribution < -0.4 is 11.1 Å². The largest absolute Gasteiger partial charge is 0.382 e. The van der Waals surface area contributed by atoms with E-state index in [9.17, 15) is 0 Å². The van der Waals surface area contributed by atoms with Crippen molar-refractivity contribution in [3.63, 3.8) is 0 Å². The van der Waals surface area contributed by atoms with E-state index in [1.807, 2.05) is 30.1 Å². The average Bonchev–Trinajstić information content (AvgIpc) is 2.79. The van der Waals surface area contributed by atoms with E-state index in [1.54, 1.807) is 6.20 Å². The van der Waals surface area contributed by atoms with E-state index in [0.717, 1.165) is 28.4 Å². The number of anilines is 2. The normalized spacial score (nSPS) is 12.3. The smallest absolute Gasteiger partial charge is 0.147 e. The maximum absolute atomic E-state index is 5.97. The number of nitrogens with zero attached hydrogens (tertiary/aromatic N) is 2. The number of aromatic nitrogens is 2. The van der Waals surface area contributed by atoms with E-state index in [-0.39, 0.29) is 0 Å². The fourth-order valence-electron chi connectivity index (χ4n) is 1.82. The Hall–Kier alpha value is -1.27. The zero-order chi connectivity index (χ0) is 13.7. The number of pyridine rings is 1. The van der Waals surface area contributed by atoms with E-state index in [1.165, 1.54) is 11.5 Å². The lowest BCUT2D eigenvalue weighted by Gasteiger charge is -2.12. The van der Waals surface area contributed by atoms with Gasteiger partial charge in [0, 0.05) is 24.5 Å². The standard InChI is InChI=1S/C13H18N4S2/c1-9(8-18-2)6-16-13-11(12(14)17-19-13)10-4-3-5-15-7-10/h3-5,7,9,16H,6,8H2,1-2H3,(H2,14,17). The number of nitrogens with one attached hydrogen (secondary N) is 1. The van der Waals surface area contributed by atoms with Crippen LogP contribution in [0.15, 0.2) is 24.5 Å². The summed E-state index contributed by atoms with van der Waals surface area (Å²) in [6.07, 6.45) is 5.70. The molecule has 3 N–H and O–H groups in total. The van der Waals surface area contributed by atoms with E-state index < -0.39 is 0 Å². The second-order valence-corrected chi connectivity index (χ2v) is 6.14. The lowest BCUT2D eigenvalue weighted by Crippen LogP contribution is -2.13. The molecular weight excluding hydrogens is 276 g/mol. The molecule has 0 aliphatic heterocycles. The van der Waals surface area contributed by atoms with Crippen LogP contribution in [0.4, 0.5) is 10.8 Å².